The highest BCUT2D eigenvalue weighted by atomic mass is 15.1. The van der Waals surface area contributed by atoms with Gasteiger partial charge in [-0.3, -0.25) is 4.98 Å². The zero-order valence-electron chi connectivity index (χ0n) is 8.96. The Balaban J connectivity index is 2.08. The summed E-state index contributed by atoms with van der Waals surface area (Å²) in [5, 5.41) is 3.18. The summed E-state index contributed by atoms with van der Waals surface area (Å²) in [5.74, 6) is 0.568. The maximum absolute atomic E-state index is 5.51. The van der Waals surface area contributed by atoms with E-state index in [9.17, 15) is 0 Å². The molecule has 0 aliphatic heterocycles. The largest absolute Gasteiger partial charge is 0.396 e. The van der Waals surface area contributed by atoms with E-state index < -0.39 is 0 Å². The SMILES string of the molecule is CC(Nc1ncc(N)cn1)c1ccncc1. The molecule has 5 nitrogen and oxygen atoms in total. The van der Waals surface area contributed by atoms with Crippen LogP contribution in [-0.2, 0) is 0 Å². The van der Waals surface area contributed by atoms with Crippen LogP contribution < -0.4 is 11.1 Å². The van der Waals surface area contributed by atoms with Crippen LogP contribution in [0.15, 0.2) is 36.9 Å². The number of anilines is 2. The zero-order valence-corrected chi connectivity index (χ0v) is 8.96. The quantitative estimate of drug-likeness (QED) is 0.813. The molecule has 3 N–H and O–H groups in total. The summed E-state index contributed by atoms with van der Waals surface area (Å²) in [6, 6.07) is 4.04. The fourth-order valence-electron chi connectivity index (χ4n) is 1.34. The average Bonchev–Trinajstić information content (AvgIpc) is 2.33. The van der Waals surface area contributed by atoms with E-state index >= 15 is 0 Å². The van der Waals surface area contributed by atoms with Crippen molar-refractivity contribution in [1.29, 1.82) is 0 Å². The Labute approximate surface area is 93.8 Å². The molecule has 2 aromatic heterocycles. The van der Waals surface area contributed by atoms with Gasteiger partial charge in [0.15, 0.2) is 0 Å². The van der Waals surface area contributed by atoms with E-state index in [4.69, 9.17) is 5.73 Å². The molecular weight excluding hydrogens is 202 g/mol. The molecule has 0 saturated carbocycles. The van der Waals surface area contributed by atoms with Crippen LogP contribution in [0.25, 0.3) is 0 Å². The molecule has 82 valence electrons. The molecule has 0 saturated heterocycles. The lowest BCUT2D eigenvalue weighted by atomic mass is 10.1. The van der Waals surface area contributed by atoms with Crippen molar-refractivity contribution in [3.05, 3.63) is 42.5 Å². The van der Waals surface area contributed by atoms with Gasteiger partial charge in [-0.1, -0.05) is 0 Å². The van der Waals surface area contributed by atoms with Crippen LogP contribution in [0.4, 0.5) is 11.6 Å². The van der Waals surface area contributed by atoms with E-state index in [1.54, 1.807) is 24.8 Å². The summed E-state index contributed by atoms with van der Waals surface area (Å²) >= 11 is 0. The Morgan fingerprint density at radius 3 is 2.44 bits per heavy atom. The molecule has 16 heavy (non-hydrogen) atoms. The van der Waals surface area contributed by atoms with E-state index in [-0.39, 0.29) is 6.04 Å². The van der Waals surface area contributed by atoms with Gasteiger partial charge in [0, 0.05) is 12.4 Å². The molecule has 2 aromatic rings. The van der Waals surface area contributed by atoms with Gasteiger partial charge >= 0.3 is 0 Å². The molecule has 0 radical (unpaired) electrons. The third-order valence-electron chi connectivity index (χ3n) is 2.22. The van der Waals surface area contributed by atoms with E-state index in [2.05, 4.69) is 20.3 Å². The maximum atomic E-state index is 5.51. The van der Waals surface area contributed by atoms with Crippen LogP contribution in [0.1, 0.15) is 18.5 Å². The summed E-state index contributed by atoms with van der Waals surface area (Å²) < 4.78 is 0. The van der Waals surface area contributed by atoms with Gasteiger partial charge < -0.3 is 11.1 Å². The summed E-state index contributed by atoms with van der Waals surface area (Å²) in [5.41, 5.74) is 7.20. The smallest absolute Gasteiger partial charge is 0.223 e. The normalized spacial score (nSPS) is 12.1. The van der Waals surface area contributed by atoms with Crippen molar-refractivity contribution in [3.63, 3.8) is 0 Å². The highest BCUT2D eigenvalue weighted by Gasteiger charge is 2.05. The Bertz CT molecular complexity index is 440. The lowest BCUT2D eigenvalue weighted by Gasteiger charge is -2.13. The summed E-state index contributed by atoms with van der Waals surface area (Å²) in [6.45, 7) is 2.04. The number of nitrogen functional groups attached to an aromatic ring is 1. The molecule has 0 amide bonds. The number of rotatable bonds is 3. The van der Waals surface area contributed by atoms with Crippen molar-refractivity contribution < 1.29 is 0 Å². The van der Waals surface area contributed by atoms with Crippen LogP contribution >= 0.6 is 0 Å². The Morgan fingerprint density at radius 2 is 1.81 bits per heavy atom. The first-order chi connectivity index (χ1) is 7.75. The number of hydrogen-bond acceptors (Lipinski definition) is 5. The van der Waals surface area contributed by atoms with Crippen molar-refractivity contribution in [2.45, 2.75) is 13.0 Å². The first-order valence-corrected chi connectivity index (χ1v) is 4.99. The molecule has 1 unspecified atom stereocenters. The highest BCUT2D eigenvalue weighted by molar-refractivity contribution is 5.37. The second kappa shape index (κ2) is 4.57. The number of nitrogens with two attached hydrogens (primary N) is 1. The van der Waals surface area contributed by atoms with Gasteiger partial charge in [0.1, 0.15) is 0 Å². The van der Waals surface area contributed by atoms with Crippen molar-refractivity contribution >= 4 is 11.6 Å². The molecule has 0 aliphatic carbocycles. The molecule has 1 atom stereocenters. The van der Waals surface area contributed by atoms with Crippen molar-refractivity contribution in [2.24, 2.45) is 0 Å². The lowest BCUT2D eigenvalue weighted by molar-refractivity contribution is 0.857. The fraction of sp³-hybridized carbons (Fsp3) is 0.182. The van der Waals surface area contributed by atoms with E-state index in [1.165, 1.54) is 0 Å². The standard InChI is InChI=1S/C11H13N5/c1-8(9-2-4-13-5-3-9)16-11-14-6-10(12)7-15-11/h2-8H,12H2,1H3,(H,14,15,16). The number of nitrogens with zero attached hydrogens (tertiary/aromatic N) is 3. The van der Waals surface area contributed by atoms with Gasteiger partial charge in [-0.25, -0.2) is 9.97 Å². The van der Waals surface area contributed by atoms with Gasteiger partial charge in [0.2, 0.25) is 5.95 Å². The Kier molecular flexibility index (Phi) is 2.95. The third kappa shape index (κ3) is 2.44. The average molecular weight is 215 g/mol. The molecule has 0 aliphatic rings. The summed E-state index contributed by atoms with van der Waals surface area (Å²) in [7, 11) is 0. The summed E-state index contributed by atoms with van der Waals surface area (Å²) in [4.78, 5) is 12.1. The maximum Gasteiger partial charge on any atom is 0.223 e. The first kappa shape index (κ1) is 10.4. The number of aromatic nitrogens is 3. The van der Waals surface area contributed by atoms with Gasteiger partial charge in [-0.2, -0.15) is 0 Å². The number of hydrogen-bond donors (Lipinski definition) is 2. The predicted molar refractivity (Wildman–Crippen MR) is 62.7 cm³/mol. The molecule has 0 fully saturated rings. The van der Waals surface area contributed by atoms with Crippen molar-refractivity contribution in [3.8, 4) is 0 Å². The van der Waals surface area contributed by atoms with E-state index in [0.29, 0.717) is 11.6 Å². The van der Waals surface area contributed by atoms with E-state index in [0.717, 1.165) is 5.56 Å². The molecule has 0 spiro atoms. The highest BCUT2D eigenvalue weighted by Crippen LogP contribution is 2.15. The van der Waals surface area contributed by atoms with Gasteiger partial charge in [-0.15, -0.1) is 0 Å². The zero-order chi connectivity index (χ0) is 11.4. The molecule has 5 heteroatoms. The lowest BCUT2D eigenvalue weighted by Crippen LogP contribution is -2.09. The van der Waals surface area contributed by atoms with Gasteiger partial charge in [-0.05, 0) is 24.6 Å². The fourth-order valence-corrected chi connectivity index (χ4v) is 1.34. The van der Waals surface area contributed by atoms with Crippen molar-refractivity contribution in [2.75, 3.05) is 11.1 Å². The minimum absolute atomic E-state index is 0.131. The van der Waals surface area contributed by atoms with Crippen LogP contribution in [-0.4, -0.2) is 15.0 Å². The second-order valence-electron chi connectivity index (χ2n) is 3.49. The van der Waals surface area contributed by atoms with Crippen LogP contribution in [0.5, 0.6) is 0 Å². The van der Waals surface area contributed by atoms with Gasteiger partial charge in [0.25, 0.3) is 0 Å². The van der Waals surface area contributed by atoms with Crippen LogP contribution in [0, 0.1) is 0 Å². The predicted octanol–water partition coefficient (Wildman–Crippen LogP) is 1.63. The molecule has 2 heterocycles. The number of nitrogens with one attached hydrogen (secondary N) is 1. The van der Waals surface area contributed by atoms with Crippen molar-refractivity contribution in [1.82, 2.24) is 15.0 Å². The molecular formula is C11H13N5. The first-order valence-electron chi connectivity index (χ1n) is 4.99. The minimum atomic E-state index is 0.131. The number of pyridine rings is 1. The Hall–Kier alpha value is -2.17. The topological polar surface area (TPSA) is 76.7 Å². The second-order valence-corrected chi connectivity index (χ2v) is 3.49. The molecule has 0 bridgehead atoms. The monoisotopic (exact) mass is 215 g/mol. The summed E-state index contributed by atoms with van der Waals surface area (Å²) in [6.07, 6.45) is 6.68. The molecule has 2 rings (SSSR count). The van der Waals surface area contributed by atoms with Gasteiger partial charge in [0.05, 0.1) is 24.1 Å². The minimum Gasteiger partial charge on any atom is -0.396 e. The van der Waals surface area contributed by atoms with Crippen LogP contribution in [0.3, 0.4) is 0 Å². The van der Waals surface area contributed by atoms with Crippen LogP contribution in [0.2, 0.25) is 0 Å². The third-order valence-corrected chi connectivity index (χ3v) is 2.22. The molecule has 0 aromatic carbocycles. The van der Waals surface area contributed by atoms with E-state index in [1.807, 2.05) is 19.1 Å². The Morgan fingerprint density at radius 1 is 1.19 bits per heavy atom.